The minimum atomic E-state index is -5.49. The van der Waals surface area contributed by atoms with Gasteiger partial charge in [-0.05, 0) is 221 Å². The monoisotopic (exact) mass is 1370 g/mol. The van der Waals surface area contributed by atoms with E-state index in [2.05, 4.69) is 108 Å². The van der Waals surface area contributed by atoms with E-state index in [1.165, 1.54) is 96.9 Å². The molecule has 98 heavy (non-hydrogen) atoms. The Morgan fingerprint density at radius 1 is 0.398 bits per heavy atom. The SMILES string of the molecule is CNC(=O)c1ccc(C(=O)N[C@@H]2CCc3cc(C)ccc32)cc1.Cc1ccc2c(c1)CC[C@@H]2NC(=O)c1ccc(N(C)S(=O)(=O)C(F)(F)F)cc1.Cc1ccc2c(c1)CC[C@H]2NC(=O)c1ccc(C(=O)N(C)C)cc1.Cc1ccc2c(c1)CC[C@H]2NC(=O)c1ccc(S(C)(=O)=O)cc1. The lowest BCUT2D eigenvalue weighted by Crippen LogP contribution is -2.38. The van der Waals surface area contributed by atoms with Crippen molar-refractivity contribution in [3.63, 3.8) is 0 Å². The van der Waals surface area contributed by atoms with E-state index in [9.17, 15) is 58.8 Å². The Kier molecular flexibility index (Phi) is 22.6. The summed E-state index contributed by atoms with van der Waals surface area (Å²) in [5.41, 5.74) is 12.1. The average molecular weight is 1370 g/mol. The molecule has 5 N–H and O–H groups in total. The summed E-state index contributed by atoms with van der Waals surface area (Å²) in [5, 5.41) is 14.7. The second kappa shape index (κ2) is 30.6. The Morgan fingerprint density at radius 3 is 0.929 bits per heavy atom. The second-order valence-electron chi connectivity index (χ2n) is 25.3. The maximum atomic E-state index is 12.7. The topological polar surface area (TPSA) is 237 Å². The summed E-state index contributed by atoms with van der Waals surface area (Å²) in [6, 6.07) is 49.7. The molecule has 12 rings (SSSR count). The number of hydrogen-bond acceptors (Lipinski definition) is 10. The number of nitrogens with zero attached hydrogens (tertiary/aromatic N) is 2. The van der Waals surface area contributed by atoms with Crippen molar-refractivity contribution in [3.05, 3.63) is 270 Å². The fourth-order valence-corrected chi connectivity index (χ4v) is 13.8. The number of halogens is 3. The molecule has 4 aliphatic carbocycles. The Bertz CT molecular complexity index is 4550. The highest BCUT2D eigenvalue weighted by Gasteiger charge is 2.49. The van der Waals surface area contributed by atoms with Crippen LogP contribution in [0, 0.1) is 27.7 Å². The molecular formula is C76H80F3N7O10S2. The number of sulfone groups is 1. The minimum absolute atomic E-state index is 0.0210. The Hall–Kier alpha value is -9.93. The van der Waals surface area contributed by atoms with Gasteiger partial charge in [0.2, 0.25) is 0 Å². The molecule has 0 saturated heterocycles. The van der Waals surface area contributed by atoms with Crippen molar-refractivity contribution in [2.45, 2.75) is 114 Å². The van der Waals surface area contributed by atoms with E-state index >= 15 is 0 Å². The molecule has 4 aliphatic rings. The van der Waals surface area contributed by atoms with Gasteiger partial charge in [0.1, 0.15) is 0 Å². The number of benzene rings is 8. The molecule has 0 heterocycles. The third-order valence-corrected chi connectivity index (χ3v) is 20.5. The van der Waals surface area contributed by atoms with Crippen LogP contribution in [-0.2, 0) is 45.5 Å². The van der Waals surface area contributed by atoms with Crippen molar-refractivity contribution in [3.8, 4) is 0 Å². The van der Waals surface area contributed by atoms with Crippen LogP contribution >= 0.6 is 0 Å². The van der Waals surface area contributed by atoms with Crippen molar-refractivity contribution in [2.75, 3.05) is 38.8 Å². The number of anilines is 1. The van der Waals surface area contributed by atoms with Gasteiger partial charge in [-0.3, -0.25) is 33.1 Å². The first-order valence-corrected chi connectivity index (χ1v) is 35.4. The van der Waals surface area contributed by atoms with Gasteiger partial charge in [0.05, 0.1) is 34.8 Å². The Balaban J connectivity index is 0.000000153. The average Bonchev–Trinajstić information content (AvgIpc) is 1.72. The van der Waals surface area contributed by atoms with E-state index in [0.29, 0.717) is 27.8 Å². The molecular weight excluding hydrogens is 1290 g/mol. The summed E-state index contributed by atoms with van der Waals surface area (Å²) in [7, 11) is -2.91. The molecule has 22 heteroatoms. The van der Waals surface area contributed by atoms with Crippen LogP contribution in [0.5, 0.6) is 0 Å². The van der Waals surface area contributed by atoms with Crippen molar-refractivity contribution in [1.29, 1.82) is 0 Å². The number of carbonyl (C=O) groups excluding carboxylic acids is 6. The Labute approximate surface area is 570 Å². The van der Waals surface area contributed by atoms with Gasteiger partial charge in [0.15, 0.2) is 9.84 Å². The molecule has 8 aromatic carbocycles. The fourth-order valence-electron chi connectivity index (χ4n) is 12.5. The molecule has 512 valence electrons. The zero-order valence-corrected chi connectivity index (χ0v) is 57.7. The highest BCUT2D eigenvalue weighted by atomic mass is 32.2. The van der Waals surface area contributed by atoms with E-state index in [1.807, 2.05) is 19.1 Å². The summed E-state index contributed by atoms with van der Waals surface area (Å²) in [6.45, 7) is 8.24. The van der Waals surface area contributed by atoms with Crippen molar-refractivity contribution in [2.24, 2.45) is 0 Å². The van der Waals surface area contributed by atoms with Crippen molar-refractivity contribution < 1.29 is 58.8 Å². The number of sulfonamides is 1. The molecule has 4 atom stereocenters. The molecule has 0 radical (unpaired) electrons. The lowest BCUT2D eigenvalue weighted by atomic mass is 10.0. The standard InChI is InChI=1S/C20H22N2O2.C19H19F3N2O3S.C19H20N2O2.C18H19NO3S/c1-13-4-10-17-16(12-13)9-11-18(17)21-19(23)14-5-7-15(8-6-14)20(24)22(2)3;1-12-3-9-16-14(11-12)6-10-17(16)23-18(25)13-4-7-15(8-5-13)24(2)28(26,27)19(20,21)22;1-12-3-9-16-15(11-12)8-10-17(16)21-19(23)14-6-4-13(5-7-14)18(22)20-2;1-12-3-9-16-14(11-12)6-10-17(16)19-18(20)13-4-7-15(8-5-13)23(2,21)22/h4-8,10,12,18H,9,11H2,1-3H3,(H,21,23);3-5,7-9,11,17H,6,10H2,1-2H3,(H,23,25);3-7,9,11,17H,8,10H2,1-2H3,(H,20,22)(H,21,23);3-5,7-9,11,17H,6,10H2,1-2H3,(H,19,20)/t18-;3*17-/m1011/s1. The minimum Gasteiger partial charge on any atom is -0.355 e. The molecule has 0 unspecified atom stereocenters. The van der Waals surface area contributed by atoms with Gasteiger partial charge >= 0.3 is 15.5 Å². The molecule has 0 spiro atoms. The zero-order chi connectivity index (χ0) is 71.0. The number of carbonyl (C=O) groups is 6. The highest BCUT2D eigenvalue weighted by Crippen LogP contribution is 2.36. The molecule has 17 nitrogen and oxygen atoms in total. The molecule has 8 aromatic rings. The predicted molar refractivity (Wildman–Crippen MR) is 372 cm³/mol. The van der Waals surface area contributed by atoms with Crippen molar-refractivity contribution in [1.82, 2.24) is 31.5 Å². The third kappa shape index (κ3) is 17.4. The maximum absolute atomic E-state index is 12.7. The van der Waals surface area contributed by atoms with Crippen LogP contribution in [-0.4, -0.2) is 97.1 Å². The zero-order valence-electron chi connectivity index (χ0n) is 56.1. The number of amides is 6. The van der Waals surface area contributed by atoms with Crippen LogP contribution in [0.1, 0.15) is 179 Å². The smallest absolute Gasteiger partial charge is 0.355 e. The van der Waals surface area contributed by atoms with E-state index in [1.54, 1.807) is 81.8 Å². The first kappa shape index (κ1) is 72.3. The lowest BCUT2D eigenvalue weighted by molar-refractivity contribution is -0.0437. The summed E-state index contributed by atoms with van der Waals surface area (Å²) >= 11 is 0. The van der Waals surface area contributed by atoms with Gasteiger partial charge in [0.25, 0.3) is 35.4 Å². The summed E-state index contributed by atoms with van der Waals surface area (Å²) in [6.07, 6.45) is 8.51. The van der Waals surface area contributed by atoms with E-state index in [-0.39, 0.29) is 80.1 Å². The Morgan fingerprint density at radius 2 is 0.663 bits per heavy atom. The normalized spacial score (nSPS) is 16.2. The van der Waals surface area contributed by atoms with Crippen LogP contribution in [0.2, 0.25) is 0 Å². The lowest BCUT2D eigenvalue weighted by Gasteiger charge is -2.21. The molecule has 0 aliphatic heterocycles. The highest BCUT2D eigenvalue weighted by molar-refractivity contribution is 7.93. The number of fused-ring (bicyclic) bond motifs is 4. The van der Waals surface area contributed by atoms with E-state index in [0.717, 1.165) is 75.8 Å². The molecule has 0 fully saturated rings. The van der Waals surface area contributed by atoms with E-state index in [4.69, 9.17) is 0 Å². The quantitative estimate of drug-likeness (QED) is 0.0732. The first-order chi connectivity index (χ1) is 46.4. The van der Waals surface area contributed by atoms with Gasteiger partial charge in [-0.2, -0.15) is 21.6 Å². The maximum Gasteiger partial charge on any atom is 0.516 e. The summed E-state index contributed by atoms with van der Waals surface area (Å²) in [5.74, 6) is -0.974. The number of aryl methyl sites for hydroxylation is 8. The second-order valence-corrected chi connectivity index (χ2v) is 29.2. The molecule has 0 bridgehead atoms. The first-order valence-electron chi connectivity index (χ1n) is 32.1. The molecule has 6 amide bonds. The van der Waals surface area contributed by atoms with Gasteiger partial charge in [0, 0.05) is 67.8 Å². The van der Waals surface area contributed by atoms with Gasteiger partial charge < -0.3 is 31.5 Å². The van der Waals surface area contributed by atoms with Crippen LogP contribution in [0.4, 0.5) is 18.9 Å². The number of rotatable bonds is 13. The van der Waals surface area contributed by atoms with Crippen LogP contribution in [0.15, 0.2) is 175 Å². The van der Waals surface area contributed by atoms with Crippen LogP contribution < -0.4 is 30.9 Å². The third-order valence-electron chi connectivity index (χ3n) is 17.9. The fraction of sp³-hybridized carbons (Fsp3) is 0.289. The number of alkyl halides is 3. The van der Waals surface area contributed by atoms with Gasteiger partial charge in [-0.15, -0.1) is 0 Å². The van der Waals surface area contributed by atoms with Crippen LogP contribution in [0.3, 0.4) is 0 Å². The van der Waals surface area contributed by atoms with Gasteiger partial charge in [-0.25, -0.2) is 8.42 Å². The van der Waals surface area contributed by atoms with Crippen molar-refractivity contribution >= 4 is 61.0 Å². The molecule has 0 saturated carbocycles. The summed E-state index contributed by atoms with van der Waals surface area (Å²) < 4.78 is 84.0. The van der Waals surface area contributed by atoms with E-state index < -0.39 is 25.4 Å². The van der Waals surface area contributed by atoms with Gasteiger partial charge in [-0.1, -0.05) is 95.1 Å². The summed E-state index contributed by atoms with van der Waals surface area (Å²) in [4.78, 5) is 74.9. The number of hydrogen-bond donors (Lipinski definition) is 5. The number of nitrogens with one attached hydrogen (secondary N) is 5. The van der Waals surface area contributed by atoms with Crippen LogP contribution in [0.25, 0.3) is 0 Å². The predicted octanol–water partition coefficient (Wildman–Crippen LogP) is 12.4. The molecule has 0 aromatic heterocycles. The largest absolute Gasteiger partial charge is 0.516 e.